The molecule has 2 atom stereocenters. The van der Waals surface area contributed by atoms with E-state index in [4.69, 9.17) is 21.6 Å². The van der Waals surface area contributed by atoms with E-state index in [1.807, 2.05) is 36.4 Å². The Balaban J connectivity index is 1.76. The standard InChI is InChI=1S/C19H19ClN2O4/c20-16-7-6-14(10-15(16)11-21)18(24)17(23)8-9-22-19(25)26-12-13-4-2-1-3-5-13/h1-7,10,17-18,23-24H,8-9,12H2,(H,22,25). The summed E-state index contributed by atoms with van der Waals surface area (Å²) in [5.74, 6) is 0. The van der Waals surface area contributed by atoms with Gasteiger partial charge in [-0.1, -0.05) is 48.0 Å². The van der Waals surface area contributed by atoms with Crippen molar-refractivity contribution in [2.45, 2.75) is 25.2 Å². The van der Waals surface area contributed by atoms with E-state index in [2.05, 4.69) is 5.32 Å². The van der Waals surface area contributed by atoms with Crippen LogP contribution in [0.3, 0.4) is 0 Å². The number of alkyl carbamates (subject to hydrolysis) is 1. The molecule has 0 aliphatic heterocycles. The molecule has 2 unspecified atom stereocenters. The second-order valence-electron chi connectivity index (χ2n) is 5.64. The zero-order valence-electron chi connectivity index (χ0n) is 13.9. The number of aliphatic hydroxyl groups is 2. The molecular weight excluding hydrogens is 356 g/mol. The van der Waals surface area contributed by atoms with Crippen molar-refractivity contribution in [2.24, 2.45) is 0 Å². The molecule has 0 fully saturated rings. The number of nitriles is 1. The third-order valence-corrected chi connectivity index (χ3v) is 4.07. The van der Waals surface area contributed by atoms with E-state index in [1.54, 1.807) is 6.07 Å². The molecule has 2 aromatic rings. The zero-order chi connectivity index (χ0) is 18.9. The van der Waals surface area contributed by atoms with Crippen molar-refractivity contribution in [1.29, 1.82) is 5.26 Å². The summed E-state index contributed by atoms with van der Waals surface area (Å²) in [5.41, 5.74) is 1.47. The number of benzene rings is 2. The van der Waals surface area contributed by atoms with E-state index in [0.29, 0.717) is 5.56 Å². The average molecular weight is 375 g/mol. The number of hydrogen-bond donors (Lipinski definition) is 3. The van der Waals surface area contributed by atoms with Crippen LogP contribution in [0.1, 0.15) is 29.2 Å². The fourth-order valence-electron chi connectivity index (χ4n) is 2.29. The summed E-state index contributed by atoms with van der Waals surface area (Å²) in [4.78, 5) is 11.6. The van der Waals surface area contributed by atoms with E-state index in [9.17, 15) is 15.0 Å². The number of nitrogens with zero attached hydrogens (tertiary/aromatic N) is 1. The summed E-state index contributed by atoms with van der Waals surface area (Å²) in [6.45, 7) is 0.282. The summed E-state index contributed by atoms with van der Waals surface area (Å²) in [7, 11) is 0. The molecule has 0 aliphatic rings. The Morgan fingerprint density at radius 1 is 1.23 bits per heavy atom. The number of aliphatic hydroxyl groups excluding tert-OH is 2. The van der Waals surface area contributed by atoms with Crippen LogP contribution in [0, 0.1) is 11.3 Å². The molecule has 0 aromatic heterocycles. The van der Waals surface area contributed by atoms with Gasteiger partial charge >= 0.3 is 6.09 Å². The number of ether oxygens (including phenoxy) is 1. The highest BCUT2D eigenvalue weighted by Crippen LogP contribution is 2.24. The molecule has 1 amide bonds. The second-order valence-corrected chi connectivity index (χ2v) is 6.05. The number of nitrogens with one attached hydrogen (secondary N) is 1. The lowest BCUT2D eigenvalue weighted by Gasteiger charge is -2.18. The van der Waals surface area contributed by atoms with E-state index in [0.717, 1.165) is 5.56 Å². The maximum absolute atomic E-state index is 11.6. The van der Waals surface area contributed by atoms with Crippen LogP contribution in [-0.2, 0) is 11.3 Å². The number of hydrogen-bond acceptors (Lipinski definition) is 5. The van der Waals surface area contributed by atoms with Gasteiger partial charge in [-0.2, -0.15) is 5.26 Å². The van der Waals surface area contributed by atoms with E-state index >= 15 is 0 Å². The SMILES string of the molecule is N#Cc1cc(C(O)C(O)CCNC(=O)OCc2ccccc2)ccc1Cl. The summed E-state index contributed by atoms with van der Waals surface area (Å²) in [6, 6.07) is 15.6. The third-order valence-electron chi connectivity index (χ3n) is 3.74. The minimum Gasteiger partial charge on any atom is -0.445 e. The predicted octanol–water partition coefficient (Wildman–Crippen LogP) is 2.92. The van der Waals surface area contributed by atoms with Crippen LogP contribution in [0.5, 0.6) is 0 Å². The fraction of sp³-hybridized carbons (Fsp3) is 0.263. The number of rotatable bonds is 7. The molecule has 2 rings (SSSR count). The Morgan fingerprint density at radius 2 is 1.96 bits per heavy atom. The maximum Gasteiger partial charge on any atom is 0.407 e. The van der Waals surface area contributed by atoms with Crippen LogP contribution in [-0.4, -0.2) is 29.0 Å². The molecule has 0 saturated carbocycles. The summed E-state index contributed by atoms with van der Waals surface area (Å²) >= 11 is 5.85. The Bertz CT molecular complexity index is 777. The van der Waals surface area contributed by atoms with E-state index in [-0.39, 0.29) is 30.2 Å². The minimum atomic E-state index is -1.19. The number of amides is 1. The minimum absolute atomic E-state index is 0.117. The molecule has 3 N–H and O–H groups in total. The Hall–Kier alpha value is -2.59. The highest BCUT2D eigenvalue weighted by molar-refractivity contribution is 6.31. The molecular formula is C19H19ClN2O4. The van der Waals surface area contributed by atoms with Gasteiger partial charge in [0.2, 0.25) is 0 Å². The number of halogens is 1. The molecule has 0 bridgehead atoms. The van der Waals surface area contributed by atoms with E-state index < -0.39 is 18.3 Å². The van der Waals surface area contributed by atoms with Gasteiger partial charge in [-0.3, -0.25) is 0 Å². The lowest BCUT2D eigenvalue weighted by Crippen LogP contribution is -2.29. The Morgan fingerprint density at radius 3 is 2.65 bits per heavy atom. The summed E-state index contributed by atoms with van der Waals surface area (Å²) in [6.07, 6.45) is -2.79. The van der Waals surface area contributed by atoms with Crippen molar-refractivity contribution in [2.75, 3.05) is 6.54 Å². The first kappa shape index (κ1) is 19.7. The molecule has 0 spiro atoms. The van der Waals surface area contributed by atoms with Crippen LogP contribution in [0.4, 0.5) is 4.79 Å². The molecule has 7 heteroatoms. The monoisotopic (exact) mass is 374 g/mol. The fourth-order valence-corrected chi connectivity index (χ4v) is 2.45. The molecule has 6 nitrogen and oxygen atoms in total. The highest BCUT2D eigenvalue weighted by Gasteiger charge is 2.19. The van der Waals surface area contributed by atoms with Crippen molar-refractivity contribution >= 4 is 17.7 Å². The quantitative estimate of drug-likeness (QED) is 0.691. The van der Waals surface area contributed by atoms with Gasteiger partial charge in [-0.05, 0) is 29.7 Å². The Kier molecular flexibility index (Phi) is 7.42. The van der Waals surface area contributed by atoms with Gasteiger partial charge in [0.05, 0.1) is 16.7 Å². The van der Waals surface area contributed by atoms with Crippen molar-refractivity contribution in [1.82, 2.24) is 5.32 Å². The molecule has 0 saturated heterocycles. The van der Waals surface area contributed by atoms with Gasteiger partial charge < -0.3 is 20.3 Å². The van der Waals surface area contributed by atoms with Crippen molar-refractivity contribution in [3.8, 4) is 6.07 Å². The molecule has 0 heterocycles. The van der Waals surface area contributed by atoms with Crippen molar-refractivity contribution in [3.63, 3.8) is 0 Å². The van der Waals surface area contributed by atoms with E-state index in [1.165, 1.54) is 12.1 Å². The van der Waals surface area contributed by atoms with Gasteiger partial charge in [-0.15, -0.1) is 0 Å². The topological polar surface area (TPSA) is 103 Å². The first-order chi connectivity index (χ1) is 12.5. The molecule has 136 valence electrons. The third kappa shape index (κ3) is 5.74. The predicted molar refractivity (Wildman–Crippen MR) is 96.4 cm³/mol. The first-order valence-corrected chi connectivity index (χ1v) is 8.39. The second kappa shape index (κ2) is 9.78. The normalized spacial score (nSPS) is 12.7. The molecule has 2 aromatic carbocycles. The first-order valence-electron chi connectivity index (χ1n) is 8.01. The lowest BCUT2D eigenvalue weighted by molar-refractivity contribution is 0.0136. The van der Waals surface area contributed by atoms with Crippen LogP contribution in [0.15, 0.2) is 48.5 Å². The van der Waals surface area contributed by atoms with Crippen LogP contribution >= 0.6 is 11.6 Å². The maximum atomic E-state index is 11.6. The van der Waals surface area contributed by atoms with Crippen LogP contribution < -0.4 is 5.32 Å². The highest BCUT2D eigenvalue weighted by atomic mass is 35.5. The summed E-state index contributed by atoms with van der Waals surface area (Å²) < 4.78 is 5.05. The van der Waals surface area contributed by atoms with Crippen LogP contribution in [0.2, 0.25) is 5.02 Å². The van der Waals surface area contributed by atoms with Gasteiger partial charge in [0, 0.05) is 6.54 Å². The van der Waals surface area contributed by atoms with Crippen LogP contribution in [0.25, 0.3) is 0 Å². The number of carbonyl (C=O) groups is 1. The van der Waals surface area contributed by atoms with Gasteiger partial charge in [0.15, 0.2) is 0 Å². The lowest BCUT2D eigenvalue weighted by atomic mass is 10.0. The summed E-state index contributed by atoms with van der Waals surface area (Å²) in [5, 5.41) is 32.0. The van der Waals surface area contributed by atoms with Crippen molar-refractivity contribution < 1.29 is 19.7 Å². The molecule has 0 radical (unpaired) electrons. The zero-order valence-corrected chi connectivity index (χ0v) is 14.7. The molecule has 0 aliphatic carbocycles. The Labute approximate surface area is 156 Å². The largest absolute Gasteiger partial charge is 0.445 e. The van der Waals surface area contributed by atoms with Gasteiger partial charge in [0.1, 0.15) is 18.8 Å². The average Bonchev–Trinajstić information content (AvgIpc) is 2.67. The van der Waals surface area contributed by atoms with Gasteiger partial charge in [-0.25, -0.2) is 4.79 Å². The number of carbonyl (C=O) groups excluding carboxylic acids is 1. The smallest absolute Gasteiger partial charge is 0.407 e. The molecule has 26 heavy (non-hydrogen) atoms. The van der Waals surface area contributed by atoms with Crippen molar-refractivity contribution in [3.05, 3.63) is 70.2 Å². The van der Waals surface area contributed by atoms with Gasteiger partial charge in [0.25, 0.3) is 0 Å².